The smallest absolute Gasteiger partial charge is 0.396 e. The van der Waals surface area contributed by atoms with Crippen molar-refractivity contribution >= 4 is 29.2 Å². The summed E-state index contributed by atoms with van der Waals surface area (Å²) in [6.45, 7) is 0. The Kier molecular flexibility index (Phi) is 4.16. The van der Waals surface area contributed by atoms with Crippen LogP contribution in [0.1, 0.15) is 17.9 Å². The molecule has 0 bridgehead atoms. The fourth-order valence-corrected chi connectivity index (χ4v) is 1.78. The van der Waals surface area contributed by atoms with E-state index in [1.165, 1.54) is 0 Å². The van der Waals surface area contributed by atoms with Gasteiger partial charge in [0.1, 0.15) is 16.6 Å². The molecule has 0 spiro atoms. The summed E-state index contributed by atoms with van der Waals surface area (Å²) in [4.78, 5) is 17.1. The molecular weight excluding hydrogens is 284 g/mol. The van der Waals surface area contributed by atoms with Gasteiger partial charge >= 0.3 is 12.1 Å². The van der Waals surface area contributed by atoms with Crippen LogP contribution in [0.5, 0.6) is 0 Å². The molecule has 4 nitrogen and oxygen atoms in total. The second-order valence-corrected chi connectivity index (χ2v) is 3.78. The summed E-state index contributed by atoms with van der Waals surface area (Å²) in [5.41, 5.74) is -0.620. The molecule has 1 rings (SSSR count). The predicted molar refractivity (Wildman–Crippen MR) is 53.1 cm³/mol. The van der Waals surface area contributed by atoms with Crippen LogP contribution in [-0.4, -0.2) is 27.2 Å². The molecule has 9 heteroatoms. The number of nitrogens with zero attached hydrogens (tertiary/aromatic N) is 2. The van der Waals surface area contributed by atoms with Crippen molar-refractivity contribution in [3.63, 3.8) is 0 Å². The maximum Gasteiger partial charge on any atom is 0.396 e. The second kappa shape index (κ2) is 5.05. The molecule has 0 saturated carbocycles. The van der Waals surface area contributed by atoms with Crippen molar-refractivity contribution < 1.29 is 23.1 Å². The first-order valence-electron chi connectivity index (χ1n) is 4.18. The highest BCUT2D eigenvalue weighted by molar-refractivity contribution is 6.34. The molecule has 1 heterocycles. The van der Waals surface area contributed by atoms with Crippen molar-refractivity contribution in [3.8, 4) is 0 Å². The Morgan fingerprint density at radius 3 is 2.18 bits per heavy atom. The average molecular weight is 289 g/mol. The molecule has 0 amide bonds. The molecule has 1 unspecified atom stereocenters. The normalized spacial score (nSPS) is 13.5. The van der Waals surface area contributed by atoms with Gasteiger partial charge in [-0.25, -0.2) is 9.97 Å². The summed E-state index contributed by atoms with van der Waals surface area (Å²) in [5.74, 6) is -3.95. The summed E-state index contributed by atoms with van der Waals surface area (Å²) in [7, 11) is 0. The maximum atomic E-state index is 12.7. The van der Waals surface area contributed by atoms with Gasteiger partial charge < -0.3 is 5.11 Å². The fraction of sp³-hybridized carbons (Fsp3) is 0.375. The van der Waals surface area contributed by atoms with Gasteiger partial charge in [0.25, 0.3) is 0 Å². The SMILES string of the molecule is O=C(O)CC(c1c(Cl)ncnc1Cl)C(F)(F)F. The number of carboxylic acid groups (broad SMARTS) is 1. The summed E-state index contributed by atoms with van der Waals surface area (Å²) >= 11 is 11.0. The Hall–Kier alpha value is -1.08. The number of carbonyl (C=O) groups is 1. The minimum Gasteiger partial charge on any atom is -0.481 e. The number of carboxylic acids is 1. The minimum atomic E-state index is -4.80. The number of alkyl halides is 3. The number of hydrogen-bond acceptors (Lipinski definition) is 3. The Morgan fingerprint density at radius 1 is 1.35 bits per heavy atom. The van der Waals surface area contributed by atoms with Gasteiger partial charge in [0.15, 0.2) is 0 Å². The second-order valence-electron chi connectivity index (χ2n) is 3.06. The number of aromatic nitrogens is 2. The summed E-state index contributed by atoms with van der Waals surface area (Å²) in [6, 6.07) is 0. The van der Waals surface area contributed by atoms with Crippen molar-refractivity contribution in [2.75, 3.05) is 0 Å². The van der Waals surface area contributed by atoms with E-state index in [2.05, 4.69) is 9.97 Å². The third kappa shape index (κ3) is 3.44. The topological polar surface area (TPSA) is 63.1 Å². The molecule has 17 heavy (non-hydrogen) atoms. The Morgan fingerprint density at radius 2 is 1.82 bits per heavy atom. The van der Waals surface area contributed by atoms with Crippen molar-refractivity contribution in [3.05, 3.63) is 22.2 Å². The largest absolute Gasteiger partial charge is 0.481 e. The fourth-order valence-electron chi connectivity index (χ4n) is 1.20. The molecule has 0 aliphatic rings. The third-order valence-corrected chi connectivity index (χ3v) is 2.51. The number of aliphatic carboxylic acids is 1. The summed E-state index contributed by atoms with van der Waals surface area (Å²) < 4.78 is 38.1. The van der Waals surface area contributed by atoms with E-state index in [1.807, 2.05) is 0 Å². The average Bonchev–Trinajstić information content (AvgIpc) is 2.13. The van der Waals surface area contributed by atoms with Crippen LogP contribution < -0.4 is 0 Å². The van der Waals surface area contributed by atoms with Gasteiger partial charge in [0, 0.05) is 5.56 Å². The van der Waals surface area contributed by atoms with E-state index in [1.54, 1.807) is 0 Å². The van der Waals surface area contributed by atoms with Crippen LogP contribution >= 0.6 is 23.2 Å². The molecule has 1 aromatic rings. The minimum absolute atomic E-state index is 0.506. The number of hydrogen-bond donors (Lipinski definition) is 1. The van der Waals surface area contributed by atoms with Crippen LogP contribution in [-0.2, 0) is 4.79 Å². The number of halogens is 5. The van der Waals surface area contributed by atoms with Crippen LogP contribution in [0.3, 0.4) is 0 Å². The zero-order valence-electron chi connectivity index (χ0n) is 8.00. The van der Waals surface area contributed by atoms with Crippen molar-refractivity contribution in [1.82, 2.24) is 9.97 Å². The van der Waals surface area contributed by atoms with Crippen molar-refractivity contribution in [2.45, 2.75) is 18.5 Å². The van der Waals surface area contributed by atoms with E-state index < -0.39 is 40.4 Å². The van der Waals surface area contributed by atoms with E-state index in [-0.39, 0.29) is 0 Å². The molecule has 0 saturated heterocycles. The lowest BCUT2D eigenvalue weighted by Crippen LogP contribution is -2.24. The van der Waals surface area contributed by atoms with Gasteiger partial charge in [-0.1, -0.05) is 23.2 Å². The van der Waals surface area contributed by atoms with E-state index in [4.69, 9.17) is 28.3 Å². The van der Waals surface area contributed by atoms with Crippen molar-refractivity contribution in [1.29, 1.82) is 0 Å². The van der Waals surface area contributed by atoms with Gasteiger partial charge in [-0.3, -0.25) is 4.79 Å². The highest BCUT2D eigenvalue weighted by atomic mass is 35.5. The Bertz CT molecular complexity index is 419. The summed E-state index contributed by atoms with van der Waals surface area (Å²) in [6.07, 6.45) is -5.09. The van der Waals surface area contributed by atoms with Crippen LogP contribution in [0.25, 0.3) is 0 Å². The first-order valence-corrected chi connectivity index (χ1v) is 4.93. The van der Waals surface area contributed by atoms with Crippen LogP contribution in [0.2, 0.25) is 10.3 Å². The van der Waals surface area contributed by atoms with Gasteiger partial charge in [-0.15, -0.1) is 0 Å². The molecule has 1 aromatic heterocycles. The third-order valence-electron chi connectivity index (χ3n) is 1.91. The lowest BCUT2D eigenvalue weighted by molar-refractivity contribution is -0.163. The number of rotatable bonds is 3. The molecule has 94 valence electrons. The molecule has 0 aliphatic heterocycles. The molecule has 0 radical (unpaired) electrons. The highest BCUT2D eigenvalue weighted by Crippen LogP contribution is 2.42. The molecule has 0 aromatic carbocycles. The van der Waals surface area contributed by atoms with Crippen LogP contribution in [0, 0.1) is 0 Å². The molecule has 1 atom stereocenters. The molecular formula is C8H5Cl2F3N2O2. The lowest BCUT2D eigenvalue weighted by Gasteiger charge is -2.19. The first kappa shape index (κ1) is 14.0. The Labute approximate surface area is 103 Å². The molecule has 0 aliphatic carbocycles. The van der Waals surface area contributed by atoms with Crippen LogP contribution in [0.4, 0.5) is 13.2 Å². The van der Waals surface area contributed by atoms with Gasteiger partial charge in [0.05, 0.1) is 12.3 Å². The van der Waals surface area contributed by atoms with E-state index in [0.717, 1.165) is 6.33 Å². The summed E-state index contributed by atoms with van der Waals surface area (Å²) in [5, 5.41) is 7.45. The predicted octanol–water partition coefficient (Wildman–Crippen LogP) is 2.90. The highest BCUT2D eigenvalue weighted by Gasteiger charge is 2.44. The van der Waals surface area contributed by atoms with Gasteiger partial charge in [0.2, 0.25) is 0 Å². The first-order chi connectivity index (χ1) is 7.73. The monoisotopic (exact) mass is 288 g/mol. The van der Waals surface area contributed by atoms with E-state index >= 15 is 0 Å². The lowest BCUT2D eigenvalue weighted by atomic mass is 9.98. The van der Waals surface area contributed by atoms with E-state index in [0.29, 0.717) is 0 Å². The zero-order chi connectivity index (χ0) is 13.2. The van der Waals surface area contributed by atoms with Gasteiger partial charge in [-0.2, -0.15) is 13.2 Å². The van der Waals surface area contributed by atoms with Gasteiger partial charge in [-0.05, 0) is 0 Å². The maximum absolute atomic E-state index is 12.7. The molecule has 0 fully saturated rings. The van der Waals surface area contributed by atoms with Crippen molar-refractivity contribution in [2.24, 2.45) is 0 Å². The van der Waals surface area contributed by atoms with E-state index in [9.17, 15) is 18.0 Å². The molecule has 1 N–H and O–H groups in total. The standard InChI is InChI=1S/C8H5Cl2F3N2O2/c9-6-5(7(10)15-2-14-6)3(1-4(16)17)8(11,12)13/h2-3H,1H2,(H,16,17). The quantitative estimate of drug-likeness (QED) is 0.869. The van der Waals surface area contributed by atoms with Crippen LogP contribution in [0.15, 0.2) is 6.33 Å². The zero-order valence-corrected chi connectivity index (χ0v) is 9.51. The Balaban J connectivity index is 3.27.